The molecule has 2 aromatic rings. The van der Waals surface area contributed by atoms with Crippen LogP contribution in [0.3, 0.4) is 0 Å². The summed E-state index contributed by atoms with van der Waals surface area (Å²) in [6, 6.07) is 0. The zero-order valence-electron chi connectivity index (χ0n) is 6.03. The van der Waals surface area contributed by atoms with Crippen molar-refractivity contribution >= 4 is 0 Å². The van der Waals surface area contributed by atoms with Gasteiger partial charge in [-0.25, -0.2) is 9.97 Å². The zero-order valence-corrected chi connectivity index (χ0v) is 6.03. The Morgan fingerprint density at radius 3 is 3.00 bits per heavy atom. The first kappa shape index (κ1) is 6.15. The number of oxazole rings is 1. The Balaban J connectivity index is 2.45. The molecule has 4 nitrogen and oxygen atoms in total. The fourth-order valence-corrected chi connectivity index (χ4v) is 0.878. The lowest BCUT2D eigenvalue weighted by molar-refractivity contribution is 0.521. The molecule has 2 rings (SSSR count). The van der Waals surface area contributed by atoms with Crippen molar-refractivity contribution in [3.63, 3.8) is 0 Å². The molecule has 0 aliphatic carbocycles. The van der Waals surface area contributed by atoms with Crippen molar-refractivity contribution in [3.05, 3.63) is 24.5 Å². The van der Waals surface area contributed by atoms with E-state index in [-0.39, 0.29) is 0 Å². The van der Waals surface area contributed by atoms with Crippen molar-refractivity contribution < 1.29 is 4.42 Å². The first-order valence-electron chi connectivity index (χ1n) is 3.28. The van der Waals surface area contributed by atoms with Crippen molar-refractivity contribution in [3.8, 4) is 11.5 Å². The Hall–Kier alpha value is -1.58. The molecule has 0 radical (unpaired) electrons. The topological polar surface area (TPSA) is 54.7 Å². The molecule has 11 heavy (non-hydrogen) atoms. The van der Waals surface area contributed by atoms with Crippen LogP contribution in [0.1, 0.15) is 5.89 Å². The van der Waals surface area contributed by atoms with Gasteiger partial charge in [0.25, 0.3) is 0 Å². The van der Waals surface area contributed by atoms with Gasteiger partial charge in [-0.3, -0.25) is 0 Å². The van der Waals surface area contributed by atoms with Gasteiger partial charge in [-0.15, -0.1) is 0 Å². The maximum absolute atomic E-state index is 5.02. The predicted octanol–water partition coefficient (Wildman–Crippen LogP) is 1.37. The second-order valence-electron chi connectivity index (χ2n) is 2.19. The Morgan fingerprint density at radius 1 is 1.55 bits per heavy atom. The van der Waals surface area contributed by atoms with E-state index < -0.39 is 0 Å². The van der Waals surface area contributed by atoms with Crippen LogP contribution in [0.4, 0.5) is 0 Å². The van der Waals surface area contributed by atoms with Crippen LogP contribution < -0.4 is 0 Å². The maximum Gasteiger partial charge on any atom is 0.191 e. The third-order valence-electron chi connectivity index (χ3n) is 1.36. The summed E-state index contributed by atoms with van der Waals surface area (Å²) < 4.78 is 5.02. The Bertz CT molecular complexity index is 336. The second-order valence-corrected chi connectivity index (χ2v) is 2.19. The molecule has 0 aliphatic rings. The van der Waals surface area contributed by atoms with Crippen molar-refractivity contribution in [2.75, 3.05) is 0 Å². The van der Waals surface area contributed by atoms with Crippen LogP contribution >= 0.6 is 0 Å². The Morgan fingerprint density at radius 2 is 2.45 bits per heavy atom. The summed E-state index contributed by atoms with van der Waals surface area (Å²) in [6.07, 6.45) is 5.01. The highest BCUT2D eigenvalue weighted by atomic mass is 16.3. The van der Waals surface area contributed by atoms with Gasteiger partial charge in [0.05, 0.1) is 0 Å². The predicted molar refractivity (Wildman–Crippen MR) is 38.8 cm³/mol. The van der Waals surface area contributed by atoms with E-state index >= 15 is 0 Å². The molecular formula is C7H7N3O. The number of aryl methyl sites for hydroxylation is 1. The van der Waals surface area contributed by atoms with E-state index in [0.29, 0.717) is 5.89 Å². The van der Waals surface area contributed by atoms with E-state index in [1.54, 1.807) is 25.6 Å². The lowest BCUT2D eigenvalue weighted by Crippen LogP contribution is -1.79. The number of aromatic amines is 1. The first-order chi connectivity index (χ1) is 5.36. The highest BCUT2D eigenvalue weighted by molar-refractivity contribution is 5.46. The van der Waals surface area contributed by atoms with Gasteiger partial charge in [0.15, 0.2) is 11.7 Å². The van der Waals surface area contributed by atoms with Crippen LogP contribution in [0.2, 0.25) is 0 Å². The quantitative estimate of drug-likeness (QED) is 0.666. The van der Waals surface area contributed by atoms with E-state index in [2.05, 4.69) is 15.0 Å². The zero-order chi connectivity index (χ0) is 7.68. The van der Waals surface area contributed by atoms with Crippen LogP contribution in [0.15, 0.2) is 23.1 Å². The van der Waals surface area contributed by atoms with Gasteiger partial charge < -0.3 is 9.40 Å². The number of rotatable bonds is 1. The van der Waals surface area contributed by atoms with Gasteiger partial charge in [-0.2, -0.15) is 0 Å². The molecule has 0 amide bonds. The molecule has 0 spiro atoms. The highest BCUT2D eigenvalue weighted by Gasteiger charge is 2.03. The molecule has 0 saturated heterocycles. The van der Waals surface area contributed by atoms with Crippen LogP contribution in [0.5, 0.6) is 0 Å². The molecule has 0 aromatic carbocycles. The normalized spacial score (nSPS) is 10.3. The molecule has 1 N–H and O–H groups in total. The lowest BCUT2D eigenvalue weighted by Gasteiger charge is -1.83. The summed E-state index contributed by atoms with van der Waals surface area (Å²) in [6.45, 7) is 1.80. The van der Waals surface area contributed by atoms with Gasteiger partial charge in [-0.05, 0) is 0 Å². The van der Waals surface area contributed by atoms with Gasteiger partial charge in [-0.1, -0.05) is 0 Å². The summed E-state index contributed by atoms with van der Waals surface area (Å²) in [7, 11) is 0. The van der Waals surface area contributed by atoms with E-state index in [1.807, 2.05) is 0 Å². The number of H-pyrrole nitrogens is 1. The molecule has 0 bridgehead atoms. The van der Waals surface area contributed by atoms with Crippen molar-refractivity contribution in [1.82, 2.24) is 15.0 Å². The molecule has 0 fully saturated rings. The Kier molecular flexibility index (Phi) is 1.25. The molecule has 2 heterocycles. The third-order valence-corrected chi connectivity index (χ3v) is 1.36. The molecule has 0 atom stereocenters. The number of hydrogen-bond acceptors (Lipinski definition) is 3. The average molecular weight is 149 g/mol. The summed E-state index contributed by atoms with van der Waals surface area (Å²) in [5, 5.41) is 0. The molecular weight excluding hydrogens is 142 g/mol. The van der Waals surface area contributed by atoms with Gasteiger partial charge >= 0.3 is 0 Å². The van der Waals surface area contributed by atoms with Crippen LogP contribution in [-0.4, -0.2) is 15.0 Å². The number of hydrogen-bond donors (Lipinski definition) is 1. The van der Waals surface area contributed by atoms with Crippen LogP contribution in [0.25, 0.3) is 11.5 Å². The van der Waals surface area contributed by atoms with Gasteiger partial charge in [0, 0.05) is 19.3 Å². The first-order valence-corrected chi connectivity index (χ1v) is 3.28. The summed E-state index contributed by atoms with van der Waals surface area (Å²) >= 11 is 0. The fourth-order valence-electron chi connectivity index (χ4n) is 0.878. The molecule has 56 valence electrons. The molecule has 0 aliphatic heterocycles. The number of nitrogens with zero attached hydrogens (tertiary/aromatic N) is 2. The molecule has 0 unspecified atom stereocenters. The third kappa shape index (κ3) is 1.02. The minimum atomic E-state index is 0.649. The van der Waals surface area contributed by atoms with Crippen molar-refractivity contribution in [1.29, 1.82) is 0 Å². The average Bonchev–Trinajstić information content (AvgIpc) is 2.55. The van der Waals surface area contributed by atoms with Gasteiger partial charge in [0.1, 0.15) is 12.0 Å². The largest absolute Gasteiger partial charge is 0.449 e. The monoisotopic (exact) mass is 149 g/mol. The minimum Gasteiger partial charge on any atom is -0.449 e. The molecule has 0 saturated carbocycles. The van der Waals surface area contributed by atoms with E-state index in [4.69, 9.17) is 4.42 Å². The Labute approximate surface area is 63.3 Å². The number of imidazole rings is 1. The fraction of sp³-hybridized carbons (Fsp3) is 0.143. The standard InChI is InChI=1S/C7H7N3O/c1-5-10-6(4-11-5)7-8-2-3-9-7/h2-4H,1H3,(H,8,9). The van der Waals surface area contributed by atoms with Crippen molar-refractivity contribution in [2.24, 2.45) is 0 Å². The maximum atomic E-state index is 5.02. The molecule has 2 aromatic heterocycles. The van der Waals surface area contributed by atoms with Crippen LogP contribution in [-0.2, 0) is 0 Å². The van der Waals surface area contributed by atoms with Crippen molar-refractivity contribution in [2.45, 2.75) is 6.92 Å². The van der Waals surface area contributed by atoms with E-state index in [0.717, 1.165) is 11.5 Å². The van der Waals surface area contributed by atoms with Gasteiger partial charge in [0.2, 0.25) is 0 Å². The van der Waals surface area contributed by atoms with Crippen LogP contribution in [0, 0.1) is 6.92 Å². The number of aromatic nitrogens is 3. The minimum absolute atomic E-state index is 0.649. The summed E-state index contributed by atoms with van der Waals surface area (Å²) in [5.41, 5.74) is 0.743. The van der Waals surface area contributed by atoms with E-state index in [9.17, 15) is 0 Å². The summed E-state index contributed by atoms with van der Waals surface area (Å²) in [5.74, 6) is 1.39. The second kappa shape index (κ2) is 2.23. The number of nitrogens with one attached hydrogen (secondary N) is 1. The lowest BCUT2D eigenvalue weighted by atomic mass is 10.5. The highest BCUT2D eigenvalue weighted by Crippen LogP contribution is 2.11. The smallest absolute Gasteiger partial charge is 0.191 e. The molecule has 4 heteroatoms. The summed E-state index contributed by atoms with van der Waals surface area (Å²) in [4.78, 5) is 11.0. The van der Waals surface area contributed by atoms with E-state index in [1.165, 1.54) is 0 Å². The SMILES string of the molecule is Cc1nc(-c2ncc[nH]2)co1.